The van der Waals surface area contributed by atoms with Crippen molar-refractivity contribution in [2.45, 2.75) is 0 Å². The average Bonchev–Trinajstić information content (AvgIpc) is 2.70. The van der Waals surface area contributed by atoms with Crippen LogP contribution in [-0.4, -0.2) is 5.78 Å². The van der Waals surface area contributed by atoms with Gasteiger partial charge in [-0.25, -0.2) is 0 Å². The van der Waals surface area contributed by atoms with Crippen LogP contribution in [0, 0.1) is 0 Å². The van der Waals surface area contributed by atoms with E-state index in [4.69, 9.17) is 0 Å². The predicted octanol–water partition coefficient (Wildman–Crippen LogP) is 1.25. The van der Waals surface area contributed by atoms with Crippen LogP contribution in [0.2, 0.25) is 0 Å². The van der Waals surface area contributed by atoms with E-state index in [1.807, 2.05) is 48.6 Å². The van der Waals surface area contributed by atoms with Gasteiger partial charge in [-0.3, -0.25) is 16.5 Å². The predicted molar refractivity (Wildman–Crippen MR) is 68.6 cm³/mol. The lowest BCUT2D eigenvalue weighted by Gasteiger charge is -2.04. The van der Waals surface area contributed by atoms with Crippen LogP contribution in [0.1, 0.15) is 10.4 Å². The van der Waals surface area contributed by atoms with Gasteiger partial charge in [-0.05, 0) is 12.2 Å². The Morgan fingerprint density at radius 2 is 1.71 bits per heavy atom. The third-order valence-electron chi connectivity index (χ3n) is 2.10. The molecule has 0 radical (unpaired) electrons. The summed E-state index contributed by atoms with van der Waals surface area (Å²) in [6.45, 7) is 0. The molecule has 1 aliphatic heterocycles. The third kappa shape index (κ3) is 3.71. The van der Waals surface area contributed by atoms with Crippen molar-refractivity contribution in [2.24, 2.45) is 11.7 Å². The molecular weight excluding hydrogens is 214 g/mol. The first-order chi connectivity index (χ1) is 8.38. The summed E-state index contributed by atoms with van der Waals surface area (Å²) in [5.74, 6) is 8.01. The summed E-state index contributed by atoms with van der Waals surface area (Å²) < 4.78 is 0. The molecule has 5 N–H and O–H groups in total. The monoisotopic (exact) mass is 229 g/mol. The first-order valence-electron chi connectivity index (χ1n) is 5.11. The summed E-state index contributed by atoms with van der Waals surface area (Å²) in [5.41, 5.74) is 1.28. The topological polar surface area (TPSA) is 81.1 Å². The zero-order valence-corrected chi connectivity index (χ0v) is 9.34. The van der Waals surface area contributed by atoms with Crippen molar-refractivity contribution in [3.8, 4) is 0 Å². The fourth-order valence-electron chi connectivity index (χ4n) is 1.34. The van der Waals surface area contributed by atoms with Crippen molar-refractivity contribution < 1.29 is 4.79 Å². The standard InChI is InChI=1S/C13H11NO.H4N2/c15-13(11-7-3-1-4-8-11)12-9-5-2-6-10-14-12;1-2/h1-10,14H;1-2H2. The molecule has 1 aromatic rings. The Morgan fingerprint density at radius 1 is 1.00 bits per heavy atom. The van der Waals surface area contributed by atoms with Crippen LogP contribution in [0.15, 0.2) is 66.5 Å². The number of carbonyl (C=O) groups excluding carboxylic acids is 1. The van der Waals surface area contributed by atoms with Gasteiger partial charge in [-0.2, -0.15) is 0 Å². The van der Waals surface area contributed by atoms with E-state index in [1.165, 1.54) is 0 Å². The van der Waals surface area contributed by atoms with Gasteiger partial charge in [-0.1, -0.05) is 42.5 Å². The summed E-state index contributed by atoms with van der Waals surface area (Å²) in [6.07, 6.45) is 9.08. The molecule has 0 aromatic heterocycles. The molecule has 0 unspecified atom stereocenters. The van der Waals surface area contributed by atoms with Gasteiger partial charge >= 0.3 is 0 Å². The molecule has 1 aromatic carbocycles. The number of Topliss-reactive ketones (excluding diaryl/α,β-unsaturated/α-hetero) is 1. The van der Waals surface area contributed by atoms with Crippen LogP contribution in [0.5, 0.6) is 0 Å². The minimum Gasteiger partial charge on any atom is -0.359 e. The average molecular weight is 229 g/mol. The van der Waals surface area contributed by atoms with E-state index in [2.05, 4.69) is 17.0 Å². The number of rotatable bonds is 2. The Hall–Kier alpha value is -2.17. The second kappa shape index (κ2) is 7.16. The van der Waals surface area contributed by atoms with Crippen molar-refractivity contribution in [3.05, 3.63) is 72.1 Å². The van der Waals surface area contributed by atoms with Gasteiger partial charge in [0.2, 0.25) is 5.78 Å². The van der Waals surface area contributed by atoms with E-state index >= 15 is 0 Å². The minimum atomic E-state index is 0.00630. The molecule has 0 aliphatic carbocycles. The summed E-state index contributed by atoms with van der Waals surface area (Å²) in [6, 6.07) is 9.23. The molecule has 0 bridgehead atoms. The quantitative estimate of drug-likeness (QED) is 0.405. The van der Waals surface area contributed by atoms with E-state index in [9.17, 15) is 4.79 Å². The molecule has 4 nitrogen and oxygen atoms in total. The van der Waals surface area contributed by atoms with Gasteiger partial charge in [-0.15, -0.1) is 0 Å². The number of hydrogen-bond donors (Lipinski definition) is 3. The Balaban J connectivity index is 0.000000686. The zero-order valence-electron chi connectivity index (χ0n) is 9.34. The molecule has 1 aliphatic rings. The van der Waals surface area contributed by atoms with Crippen LogP contribution in [-0.2, 0) is 0 Å². The van der Waals surface area contributed by atoms with Gasteiger partial charge < -0.3 is 5.32 Å². The van der Waals surface area contributed by atoms with Crippen molar-refractivity contribution in [2.75, 3.05) is 0 Å². The lowest BCUT2D eigenvalue weighted by Crippen LogP contribution is -2.14. The van der Waals surface area contributed by atoms with Gasteiger partial charge in [0.1, 0.15) is 0 Å². The molecule has 0 saturated heterocycles. The van der Waals surface area contributed by atoms with E-state index in [0.717, 1.165) is 0 Å². The second-order valence-electron chi connectivity index (χ2n) is 3.16. The summed E-state index contributed by atoms with van der Waals surface area (Å²) in [7, 11) is 0. The maximum Gasteiger partial charge on any atom is 0.209 e. The number of carbonyl (C=O) groups is 1. The van der Waals surface area contributed by atoms with Crippen molar-refractivity contribution >= 4 is 5.78 Å². The number of nitrogens with one attached hydrogen (secondary N) is 1. The highest BCUT2D eigenvalue weighted by Gasteiger charge is 2.09. The third-order valence-corrected chi connectivity index (χ3v) is 2.10. The lowest BCUT2D eigenvalue weighted by molar-refractivity contribution is 0.102. The summed E-state index contributed by atoms with van der Waals surface area (Å²) >= 11 is 0. The molecule has 4 heteroatoms. The molecule has 1 heterocycles. The van der Waals surface area contributed by atoms with Crippen LogP contribution in [0.4, 0.5) is 0 Å². The molecule has 0 saturated carbocycles. The molecule has 0 atom stereocenters. The zero-order chi connectivity index (χ0) is 12.5. The molecule has 0 fully saturated rings. The first kappa shape index (κ1) is 12.9. The molecular formula is C13H15N3O. The van der Waals surface area contributed by atoms with Crippen molar-refractivity contribution in [1.82, 2.24) is 5.32 Å². The Kier molecular flexibility index (Phi) is 5.43. The van der Waals surface area contributed by atoms with Gasteiger partial charge in [0.25, 0.3) is 0 Å². The smallest absolute Gasteiger partial charge is 0.209 e. The summed E-state index contributed by atoms with van der Waals surface area (Å²) in [4.78, 5) is 12.0. The molecule has 17 heavy (non-hydrogen) atoms. The fourth-order valence-corrected chi connectivity index (χ4v) is 1.34. The molecule has 0 amide bonds. The number of hydrazine groups is 1. The normalized spacial score (nSPS) is 12.7. The molecule has 0 spiro atoms. The number of benzene rings is 1. The summed E-state index contributed by atoms with van der Waals surface area (Å²) in [5, 5.41) is 2.95. The van der Waals surface area contributed by atoms with Gasteiger partial charge in [0.15, 0.2) is 0 Å². The molecule has 2 rings (SSSR count). The lowest BCUT2D eigenvalue weighted by atomic mass is 10.1. The number of hydrogen-bond acceptors (Lipinski definition) is 4. The number of ketones is 1. The van der Waals surface area contributed by atoms with Gasteiger partial charge in [0, 0.05) is 11.8 Å². The highest BCUT2D eigenvalue weighted by Crippen LogP contribution is 2.07. The highest BCUT2D eigenvalue weighted by molar-refractivity contribution is 6.08. The van der Waals surface area contributed by atoms with Crippen LogP contribution in [0.3, 0.4) is 0 Å². The Bertz CT molecular complexity index is 447. The maximum absolute atomic E-state index is 12.0. The highest BCUT2D eigenvalue weighted by atomic mass is 16.1. The van der Waals surface area contributed by atoms with Gasteiger partial charge in [0.05, 0.1) is 5.70 Å². The fraction of sp³-hybridized carbons (Fsp3) is 0. The van der Waals surface area contributed by atoms with Crippen LogP contribution >= 0.6 is 0 Å². The maximum atomic E-state index is 12.0. The van der Waals surface area contributed by atoms with E-state index < -0.39 is 0 Å². The van der Waals surface area contributed by atoms with Crippen LogP contribution in [0.25, 0.3) is 0 Å². The van der Waals surface area contributed by atoms with E-state index in [0.29, 0.717) is 11.3 Å². The molecule has 88 valence electrons. The minimum absolute atomic E-state index is 0.00630. The Morgan fingerprint density at radius 3 is 2.41 bits per heavy atom. The largest absolute Gasteiger partial charge is 0.359 e. The van der Waals surface area contributed by atoms with E-state index in [1.54, 1.807) is 12.3 Å². The van der Waals surface area contributed by atoms with Crippen LogP contribution < -0.4 is 17.0 Å². The second-order valence-corrected chi connectivity index (χ2v) is 3.16. The van der Waals surface area contributed by atoms with Crippen molar-refractivity contribution in [1.29, 1.82) is 0 Å². The van der Waals surface area contributed by atoms with Crippen molar-refractivity contribution in [3.63, 3.8) is 0 Å². The number of allylic oxidation sites excluding steroid dienone is 5. The van der Waals surface area contributed by atoms with E-state index in [-0.39, 0.29) is 5.78 Å². The SMILES string of the molecule is NN.O=C(C1=CC=CC=CN1)c1ccccc1. The first-order valence-corrected chi connectivity index (χ1v) is 5.11. The number of nitrogens with two attached hydrogens (primary N) is 2. The Labute approximate surface area is 100 Å².